The van der Waals surface area contributed by atoms with E-state index >= 15 is 0 Å². The number of carbonyl (C=O) groups is 1. The summed E-state index contributed by atoms with van der Waals surface area (Å²) in [6.07, 6.45) is 2.77. The Bertz CT molecular complexity index is 1020. The largest absolute Gasteiger partial charge is 0.352 e. The van der Waals surface area contributed by atoms with Crippen LogP contribution in [-0.2, 0) is 13.1 Å². The quantitative estimate of drug-likeness (QED) is 0.226. The SMILES string of the molecule is CCCNC(=O)c1cccc(CNC(=NC)N(C)Cc2ncc(-c3ccccc3)[nH]2)c1.I. The van der Waals surface area contributed by atoms with Crippen LogP contribution >= 0.6 is 24.0 Å². The molecule has 8 heteroatoms. The lowest BCUT2D eigenvalue weighted by atomic mass is 10.1. The summed E-state index contributed by atoms with van der Waals surface area (Å²) < 4.78 is 0. The molecule has 0 spiro atoms. The number of guanidine groups is 1. The van der Waals surface area contributed by atoms with E-state index in [-0.39, 0.29) is 29.9 Å². The maximum atomic E-state index is 12.2. The fourth-order valence-corrected chi connectivity index (χ4v) is 3.24. The summed E-state index contributed by atoms with van der Waals surface area (Å²) in [5.74, 6) is 1.56. The second-order valence-electron chi connectivity index (χ2n) is 7.32. The normalized spacial score (nSPS) is 10.9. The van der Waals surface area contributed by atoms with Crippen LogP contribution in [0.25, 0.3) is 11.3 Å². The molecule has 170 valence electrons. The molecule has 1 aromatic heterocycles. The summed E-state index contributed by atoms with van der Waals surface area (Å²) in [5, 5.41) is 6.27. The van der Waals surface area contributed by atoms with Gasteiger partial charge in [0.15, 0.2) is 5.96 Å². The van der Waals surface area contributed by atoms with Gasteiger partial charge in [-0.1, -0.05) is 49.4 Å². The molecule has 0 bridgehead atoms. The molecule has 0 saturated heterocycles. The van der Waals surface area contributed by atoms with Gasteiger partial charge in [-0.2, -0.15) is 0 Å². The van der Waals surface area contributed by atoms with Gasteiger partial charge in [0.25, 0.3) is 5.91 Å². The zero-order valence-corrected chi connectivity index (χ0v) is 21.1. The lowest BCUT2D eigenvalue weighted by Gasteiger charge is -2.21. The van der Waals surface area contributed by atoms with Crippen LogP contribution in [0.15, 0.2) is 65.8 Å². The van der Waals surface area contributed by atoms with Crippen molar-refractivity contribution in [1.82, 2.24) is 25.5 Å². The van der Waals surface area contributed by atoms with Gasteiger partial charge in [0, 0.05) is 32.7 Å². The number of amides is 1. The zero-order chi connectivity index (χ0) is 22.1. The molecule has 3 rings (SSSR count). The second-order valence-corrected chi connectivity index (χ2v) is 7.32. The molecule has 0 aliphatic carbocycles. The van der Waals surface area contributed by atoms with E-state index in [2.05, 4.69) is 37.7 Å². The van der Waals surface area contributed by atoms with E-state index in [9.17, 15) is 4.79 Å². The van der Waals surface area contributed by atoms with Crippen molar-refractivity contribution in [3.63, 3.8) is 0 Å². The molecule has 3 N–H and O–H groups in total. The van der Waals surface area contributed by atoms with Crippen LogP contribution in [0.3, 0.4) is 0 Å². The van der Waals surface area contributed by atoms with Crippen molar-refractivity contribution in [2.75, 3.05) is 20.6 Å². The molecule has 1 heterocycles. The van der Waals surface area contributed by atoms with E-state index in [0.29, 0.717) is 25.2 Å². The van der Waals surface area contributed by atoms with Crippen molar-refractivity contribution in [2.24, 2.45) is 4.99 Å². The number of aromatic amines is 1. The topological polar surface area (TPSA) is 85.4 Å². The molecule has 0 aliphatic heterocycles. The fraction of sp³-hybridized carbons (Fsp3) is 0.292. The molecule has 0 radical (unpaired) electrons. The highest BCUT2D eigenvalue weighted by molar-refractivity contribution is 14.0. The molecule has 0 atom stereocenters. The molecule has 0 fully saturated rings. The molecule has 0 unspecified atom stereocenters. The monoisotopic (exact) mass is 546 g/mol. The molecule has 2 aromatic carbocycles. The van der Waals surface area contributed by atoms with Crippen LogP contribution in [-0.4, -0.2) is 47.4 Å². The zero-order valence-electron chi connectivity index (χ0n) is 18.8. The van der Waals surface area contributed by atoms with Gasteiger partial charge >= 0.3 is 0 Å². The first-order valence-electron chi connectivity index (χ1n) is 10.5. The van der Waals surface area contributed by atoms with Crippen LogP contribution in [0, 0.1) is 0 Å². The number of nitrogens with zero attached hydrogens (tertiary/aromatic N) is 3. The van der Waals surface area contributed by atoms with E-state index < -0.39 is 0 Å². The third-order valence-electron chi connectivity index (χ3n) is 4.85. The fourth-order valence-electron chi connectivity index (χ4n) is 3.24. The molecule has 3 aromatic rings. The third kappa shape index (κ3) is 7.08. The number of rotatable bonds is 8. The number of hydrogen-bond donors (Lipinski definition) is 3. The van der Waals surface area contributed by atoms with Crippen molar-refractivity contribution >= 4 is 35.8 Å². The average molecular weight is 546 g/mol. The molecule has 7 nitrogen and oxygen atoms in total. The number of carbonyl (C=O) groups excluding carboxylic acids is 1. The number of H-pyrrole nitrogens is 1. The van der Waals surface area contributed by atoms with Crippen LogP contribution in [0.2, 0.25) is 0 Å². The molecular weight excluding hydrogens is 515 g/mol. The van der Waals surface area contributed by atoms with Gasteiger partial charge in [-0.25, -0.2) is 4.98 Å². The van der Waals surface area contributed by atoms with Gasteiger partial charge in [0.05, 0.1) is 18.4 Å². The first-order valence-corrected chi connectivity index (χ1v) is 10.5. The highest BCUT2D eigenvalue weighted by atomic mass is 127. The van der Waals surface area contributed by atoms with Gasteiger partial charge in [0.1, 0.15) is 5.82 Å². The Morgan fingerprint density at radius 2 is 1.91 bits per heavy atom. The average Bonchev–Trinajstić information content (AvgIpc) is 3.27. The molecule has 32 heavy (non-hydrogen) atoms. The van der Waals surface area contributed by atoms with Crippen molar-refractivity contribution in [2.45, 2.75) is 26.4 Å². The highest BCUT2D eigenvalue weighted by Crippen LogP contribution is 2.16. The number of aliphatic imine (C=N–C) groups is 1. The maximum absolute atomic E-state index is 12.2. The van der Waals surface area contributed by atoms with E-state index in [1.165, 1.54) is 0 Å². The Morgan fingerprint density at radius 3 is 2.62 bits per heavy atom. The number of benzene rings is 2. The Balaban J connectivity index is 0.00000363. The number of halogens is 1. The van der Waals surface area contributed by atoms with Crippen molar-refractivity contribution in [3.05, 3.63) is 77.7 Å². The first kappa shape index (κ1) is 25.4. The third-order valence-corrected chi connectivity index (χ3v) is 4.85. The standard InChI is InChI=1S/C24H30N6O.HI/c1-4-13-26-23(31)20-12-8-9-18(14-20)15-28-24(25-2)30(3)17-22-27-16-21(29-22)19-10-6-5-7-11-19;/h5-12,14,16H,4,13,15,17H2,1-3H3,(H,25,28)(H,26,31)(H,27,29);1H. The summed E-state index contributed by atoms with van der Waals surface area (Å²) in [5.41, 5.74) is 3.78. The van der Waals surface area contributed by atoms with Crippen LogP contribution in [0.1, 0.15) is 35.1 Å². The number of hydrogen-bond acceptors (Lipinski definition) is 3. The predicted octanol–water partition coefficient (Wildman–Crippen LogP) is 4.04. The molecule has 0 aliphatic rings. The van der Waals surface area contributed by atoms with Crippen LogP contribution in [0.5, 0.6) is 0 Å². The van der Waals surface area contributed by atoms with Gasteiger partial charge in [-0.15, -0.1) is 24.0 Å². The van der Waals surface area contributed by atoms with Gasteiger partial charge in [-0.3, -0.25) is 9.79 Å². The molecular formula is C24H31IN6O. The summed E-state index contributed by atoms with van der Waals surface area (Å²) in [4.78, 5) is 26.4. The highest BCUT2D eigenvalue weighted by Gasteiger charge is 2.11. The Labute approximate surface area is 206 Å². The van der Waals surface area contributed by atoms with Crippen LogP contribution < -0.4 is 10.6 Å². The van der Waals surface area contributed by atoms with Gasteiger partial charge in [-0.05, 0) is 29.7 Å². The minimum absolute atomic E-state index is 0. The summed E-state index contributed by atoms with van der Waals surface area (Å²) in [6, 6.07) is 17.8. The number of nitrogens with one attached hydrogen (secondary N) is 3. The minimum atomic E-state index is -0.0442. The number of aromatic nitrogens is 2. The van der Waals surface area contributed by atoms with E-state index in [1.807, 2.05) is 67.5 Å². The lowest BCUT2D eigenvalue weighted by molar-refractivity contribution is 0.0953. The summed E-state index contributed by atoms with van der Waals surface area (Å²) in [7, 11) is 3.72. The van der Waals surface area contributed by atoms with Crippen molar-refractivity contribution < 1.29 is 4.79 Å². The smallest absolute Gasteiger partial charge is 0.251 e. The Morgan fingerprint density at radius 1 is 1.12 bits per heavy atom. The lowest BCUT2D eigenvalue weighted by Crippen LogP contribution is -2.38. The summed E-state index contributed by atoms with van der Waals surface area (Å²) in [6.45, 7) is 3.87. The minimum Gasteiger partial charge on any atom is -0.352 e. The van der Waals surface area contributed by atoms with Gasteiger partial charge < -0.3 is 20.5 Å². The summed E-state index contributed by atoms with van der Waals surface area (Å²) >= 11 is 0. The number of imidazole rings is 1. The molecule has 1 amide bonds. The molecule has 0 saturated carbocycles. The maximum Gasteiger partial charge on any atom is 0.251 e. The van der Waals surface area contributed by atoms with Gasteiger partial charge in [0.2, 0.25) is 0 Å². The van der Waals surface area contributed by atoms with E-state index in [4.69, 9.17) is 0 Å². The van der Waals surface area contributed by atoms with Crippen molar-refractivity contribution in [1.29, 1.82) is 0 Å². The van der Waals surface area contributed by atoms with Crippen LogP contribution in [0.4, 0.5) is 0 Å². The first-order chi connectivity index (χ1) is 15.1. The van der Waals surface area contributed by atoms with Crippen molar-refractivity contribution in [3.8, 4) is 11.3 Å². The van der Waals surface area contributed by atoms with E-state index in [1.54, 1.807) is 7.05 Å². The Kier molecular flexibility index (Phi) is 10.2. The predicted molar refractivity (Wildman–Crippen MR) is 140 cm³/mol. The Hall–Kier alpha value is -2.88. The second kappa shape index (κ2) is 12.8. The van der Waals surface area contributed by atoms with E-state index in [0.717, 1.165) is 35.0 Å².